The molecule has 0 aliphatic rings. The first-order valence-corrected chi connectivity index (χ1v) is 4.34. The molecule has 0 saturated heterocycles. The van der Waals surface area contributed by atoms with Gasteiger partial charge in [-0.2, -0.15) is 0 Å². The zero-order valence-corrected chi connectivity index (χ0v) is 7.36. The molecular weight excluding hydrogens is 184 g/mol. The summed E-state index contributed by atoms with van der Waals surface area (Å²) in [5.74, 6) is 0.384. The molecule has 60 valence electrons. The smallest absolute Gasteiger partial charge is 0.294 e. The molecule has 0 radical (unpaired) electrons. The fourth-order valence-corrected chi connectivity index (χ4v) is 1.24. The summed E-state index contributed by atoms with van der Waals surface area (Å²) in [7, 11) is 0. The molecular formula is C6H7ClN2OS. The predicted octanol–water partition coefficient (Wildman–Crippen LogP) is 1.84. The minimum absolute atomic E-state index is 0.384. The van der Waals surface area contributed by atoms with E-state index in [-0.39, 0.29) is 0 Å². The van der Waals surface area contributed by atoms with Crippen molar-refractivity contribution in [2.24, 2.45) is 0 Å². The molecule has 1 aromatic rings. The zero-order chi connectivity index (χ0) is 8.10. The highest BCUT2D eigenvalue weighted by Crippen LogP contribution is 2.18. The van der Waals surface area contributed by atoms with Gasteiger partial charge in [-0.1, -0.05) is 24.0 Å². The van der Waals surface area contributed by atoms with Crippen LogP contribution >= 0.6 is 22.9 Å². The maximum atomic E-state index is 5.51. The van der Waals surface area contributed by atoms with Crippen LogP contribution in [0.15, 0.2) is 12.7 Å². The van der Waals surface area contributed by atoms with Crippen molar-refractivity contribution >= 4 is 22.9 Å². The van der Waals surface area contributed by atoms with Crippen molar-refractivity contribution in [2.75, 3.05) is 6.61 Å². The monoisotopic (exact) mass is 190 g/mol. The van der Waals surface area contributed by atoms with Crippen molar-refractivity contribution in [3.63, 3.8) is 0 Å². The second-order valence-corrected chi connectivity index (χ2v) is 2.99. The van der Waals surface area contributed by atoms with Crippen molar-refractivity contribution in [3.8, 4) is 5.19 Å². The van der Waals surface area contributed by atoms with E-state index in [9.17, 15) is 0 Å². The SMILES string of the molecule is C=CCOc1nnc(CCl)s1. The number of rotatable bonds is 4. The summed E-state index contributed by atoms with van der Waals surface area (Å²) < 4.78 is 5.11. The molecule has 5 heteroatoms. The fourth-order valence-electron chi connectivity index (χ4n) is 0.481. The van der Waals surface area contributed by atoms with Gasteiger partial charge in [-0.15, -0.1) is 21.8 Å². The summed E-state index contributed by atoms with van der Waals surface area (Å²) in [5.41, 5.74) is 0. The number of aromatic nitrogens is 2. The summed E-state index contributed by atoms with van der Waals surface area (Å²) in [6.45, 7) is 3.96. The van der Waals surface area contributed by atoms with E-state index < -0.39 is 0 Å². The molecule has 0 atom stereocenters. The lowest BCUT2D eigenvalue weighted by Gasteiger charge is -1.92. The maximum absolute atomic E-state index is 5.51. The second-order valence-electron chi connectivity index (χ2n) is 1.70. The molecule has 1 aromatic heterocycles. The van der Waals surface area contributed by atoms with E-state index in [2.05, 4.69) is 16.8 Å². The van der Waals surface area contributed by atoms with Crippen LogP contribution in [0.4, 0.5) is 0 Å². The van der Waals surface area contributed by atoms with Crippen LogP contribution in [0.3, 0.4) is 0 Å². The molecule has 0 fully saturated rings. The average Bonchev–Trinajstić information content (AvgIpc) is 2.48. The molecule has 1 rings (SSSR count). The molecule has 0 unspecified atom stereocenters. The molecule has 11 heavy (non-hydrogen) atoms. The molecule has 0 bridgehead atoms. The Morgan fingerprint density at radius 3 is 3.00 bits per heavy atom. The van der Waals surface area contributed by atoms with Crippen LogP contribution in [0, 0.1) is 0 Å². The Labute approximate surface area is 73.7 Å². The summed E-state index contributed by atoms with van der Waals surface area (Å²) in [6, 6.07) is 0. The highest BCUT2D eigenvalue weighted by atomic mass is 35.5. The Bertz CT molecular complexity index is 238. The lowest BCUT2D eigenvalue weighted by atomic mass is 10.7. The van der Waals surface area contributed by atoms with Crippen LogP contribution in [0.5, 0.6) is 5.19 Å². The summed E-state index contributed by atoms with van der Waals surface area (Å²) in [5, 5.41) is 8.81. The van der Waals surface area contributed by atoms with Gasteiger partial charge in [0.25, 0.3) is 5.19 Å². The van der Waals surface area contributed by atoms with E-state index in [1.165, 1.54) is 11.3 Å². The molecule has 0 aromatic carbocycles. The van der Waals surface area contributed by atoms with Crippen molar-refractivity contribution in [1.29, 1.82) is 0 Å². The number of halogens is 1. The average molecular weight is 191 g/mol. The van der Waals surface area contributed by atoms with E-state index in [0.717, 1.165) is 5.01 Å². The van der Waals surface area contributed by atoms with Crippen LogP contribution in [0.1, 0.15) is 5.01 Å². The Kier molecular flexibility index (Phi) is 3.32. The van der Waals surface area contributed by atoms with E-state index in [1.807, 2.05) is 0 Å². The molecule has 1 heterocycles. The molecule has 3 nitrogen and oxygen atoms in total. The third-order valence-electron chi connectivity index (χ3n) is 0.887. The van der Waals surface area contributed by atoms with E-state index in [1.54, 1.807) is 6.08 Å². The Morgan fingerprint density at radius 2 is 2.45 bits per heavy atom. The molecule has 0 spiro atoms. The van der Waals surface area contributed by atoms with Crippen LogP contribution in [-0.4, -0.2) is 16.8 Å². The first-order valence-electron chi connectivity index (χ1n) is 2.99. The van der Waals surface area contributed by atoms with Gasteiger partial charge in [0.05, 0.1) is 5.88 Å². The minimum atomic E-state index is 0.384. The van der Waals surface area contributed by atoms with Crippen LogP contribution in [0.2, 0.25) is 0 Å². The highest BCUT2D eigenvalue weighted by Gasteiger charge is 2.01. The summed E-state index contributed by atoms with van der Waals surface area (Å²) >= 11 is 6.86. The molecule has 0 N–H and O–H groups in total. The van der Waals surface area contributed by atoms with Gasteiger partial charge in [0.2, 0.25) is 0 Å². The first-order chi connectivity index (χ1) is 5.36. The highest BCUT2D eigenvalue weighted by molar-refractivity contribution is 7.13. The molecule has 0 saturated carbocycles. The number of ether oxygens (including phenoxy) is 1. The van der Waals surface area contributed by atoms with Gasteiger partial charge < -0.3 is 4.74 Å². The van der Waals surface area contributed by atoms with Gasteiger partial charge in [0.1, 0.15) is 11.6 Å². The standard InChI is InChI=1S/C6H7ClN2OS/c1-2-3-10-6-9-8-5(4-7)11-6/h2H,1,3-4H2. The van der Waals surface area contributed by atoms with E-state index >= 15 is 0 Å². The van der Waals surface area contributed by atoms with Crippen molar-refractivity contribution in [1.82, 2.24) is 10.2 Å². The van der Waals surface area contributed by atoms with E-state index in [4.69, 9.17) is 16.3 Å². The molecule has 0 aliphatic carbocycles. The predicted molar refractivity (Wildman–Crippen MR) is 45.2 cm³/mol. The number of alkyl halides is 1. The molecule has 0 aliphatic heterocycles. The van der Waals surface area contributed by atoms with Gasteiger partial charge in [-0.05, 0) is 0 Å². The van der Waals surface area contributed by atoms with Gasteiger partial charge in [0.15, 0.2) is 0 Å². The second kappa shape index (κ2) is 4.31. The zero-order valence-electron chi connectivity index (χ0n) is 5.79. The Morgan fingerprint density at radius 1 is 1.64 bits per heavy atom. The van der Waals surface area contributed by atoms with Gasteiger partial charge in [0, 0.05) is 0 Å². The first kappa shape index (κ1) is 8.49. The summed E-state index contributed by atoms with van der Waals surface area (Å²) in [6.07, 6.45) is 1.65. The Balaban J connectivity index is 2.50. The van der Waals surface area contributed by atoms with Crippen molar-refractivity contribution in [2.45, 2.75) is 5.88 Å². The number of nitrogens with zero attached hydrogens (tertiary/aromatic N) is 2. The summed E-state index contributed by atoms with van der Waals surface area (Å²) in [4.78, 5) is 0. The topological polar surface area (TPSA) is 35.0 Å². The van der Waals surface area contributed by atoms with Gasteiger partial charge >= 0.3 is 0 Å². The Hall–Kier alpha value is -0.610. The third-order valence-corrected chi connectivity index (χ3v) is 2.13. The minimum Gasteiger partial charge on any atom is -0.465 e. The van der Waals surface area contributed by atoms with Crippen LogP contribution < -0.4 is 4.74 Å². The number of hydrogen-bond donors (Lipinski definition) is 0. The molecule has 0 amide bonds. The maximum Gasteiger partial charge on any atom is 0.294 e. The normalized spacial score (nSPS) is 9.55. The lowest BCUT2D eigenvalue weighted by Crippen LogP contribution is -1.91. The van der Waals surface area contributed by atoms with Crippen LogP contribution in [0.25, 0.3) is 0 Å². The van der Waals surface area contributed by atoms with Gasteiger partial charge in [-0.3, -0.25) is 0 Å². The van der Waals surface area contributed by atoms with Crippen LogP contribution in [-0.2, 0) is 5.88 Å². The van der Waals surface area contributed by atoms with E-state index in [0.29, 0.717) is 17.7 Å². The largest absolute Gasteiger partial charge is 0.465 e. The van der Waals surface area contributed by atoms with Crippen molar-refractivity contribution < 1.29 is 4.74 Å². The lowest BCUT2D eigenvalue weighted by molar-refractivity contribution is 0.357. The van der Waals surface area contributed by atoms with Gasteiger partial charge in [-0.25, -0.2) is 0 Å². The third kappa shape index (κ3) is 2.48. The number of hydrogen-bond acceptors (Lipinski definition) is 4. The quantitative estimate of drug-likeness (QED) is 0.537. The fraction of sp³-hybridized carbons (Fsp3) is 0.333. The van der Waals surface area contributed by atoms with Crippen molar-refractivity contribution in [3.05, 3.63) is 17.7 Å².